The molecule has 100 valence electrons. The number of tetrazole rings is 1. The molecule has 0 radical (unpaired) electrons. The van der Waals surface area contributed by atoms with Gasteiger partial charge in [0.15, 0.2) is 5.82 Å². The highest BCUT2D eigenvalue weighted by atomic mass is 16.6. The maximum absolute atomic E-state index is 12.0. The number of aryl methyl sites for hydroxylation is 1. The first-order chi connectivity index (χ1) is 8.99. The average Bonchev–Trinajstić information content (AvgIpc) is 2.97. The lowest BCUT2D eigenvalue weighted by Crippen LogP contribution is -2.28. The Labute approximate surface area is 107 Å². The maximum Gasteiger partial charge on any atom is 0.287 e. The number of carbonyl (C=O) groups excluding carboxylic acids is 1. The van der Waals surface area contributed by atoms with Gasteiger partial charge in [0.25, 0.3) is 11.6 Å². The highest BCUT2D eigenvalue weighted by Crippen LogP contribution is 2.16. The number of hydrogen-bond acceptors (Lipinski definition) is 6. The molecule has 2 N–H and O–H groups in total. The number of aromatic nitrogens is 5. The Morgan fingerprint density at radius 1 is 1.63 bits per heavy atom. The number of aromatic amines is 1. The molecule has 10 nitrogen and oxygen atoms in total. The first kappa shape index (κ1) is 12.7. The molecular formula is C9H11N7O3. The summed E-state index contributed by atoms with van der Waals surface area (Å²) >= 11 is 0. The zero-order valence-corrected chi connectivity index (χ0v) is 10.2. The van der Waals surface area contributed by atoms with Gasteiger partial charge in [0.1, 0.15) is 5.69 Å². The number of rotatable bonds is 4. The largest absolute Gasteiger partial charge is 0.341 e. The third kappa shape index (κ3) is 2.56. The van der Waals surface area contributed by atoms with E-state index in [0.29, 0.717) is 5.82 Å². The van der Waals surface area contributed by atoms with Gasteiger partial charge in [0.2, 0.25) is 0 Å². The van der Waals surface area contributed by atoms with Gasteiger partial charge >= 0.3 is 0 Å². The fraction of sp³-hybridized carbons (Fsp3) is 0.333. The highest BCUT2D eigenvalue weighted by molar-refractivity contribution is 5.93. The number of amides is 1. The van der Waals surface area contributed by atoms with Crippen LogP contribution in [-0.4, -0.2) is 36.0 Å². The van der Waals surface area contributed by atoms with E-state index >= 15 is 0 Å². The van der Waals surface area contributed by atoms with E-state index < -0.39 is 16.9 Å². The Balaban J connectivity index is 2.14. The van der Waals surface area contributed by atoms with Crippen LogP contribution >= 0.6 is 0 Å². The van der Waals surface area contributed by atoms with Crippen molar-refractivity contribution in [2.75, 3.05) is 0 Å². The first-order valence-corrected chi connectivity index (χ1v) is 5.34. The molecule has 2 rings (SSSR count). The summed E-state index contributed by atoms with van der Waals surface area (Å²) in [6.45, 7) is 1.68. The zero-order valence-electron chi connectivity index (χ0n) is 10.2. The van der Waals surface area contributed by atoms with Crippen LogP contribution in [0.1, 0.15) is 29.3 Å². The first-order valence-electron chi connectivity index (χ1n) is 5.34. The van der Waals surface area contributed by atoms with Gasteiger partial charge in [-0.25, -0.2) is 0 Å². The summed E-state index contributed by atoms with van der Waals surface area (Å²) in [6.07, 6.45) is 1.27. The lowest BCUT2D eigenvalue weighted by molar-refractivity contribution is -0.384. The predicted octanol–water partition coefficient (Wildman–Crippen LogP) is -0.0626. The predicted molar refractivity (Wildman–Crippen MR) is 62.1 cm³/mol. The van der Waals surface area contributed by atoms with E-state index in [0.717, 1.165) is 0 Å². The van der Waals surface area contributed by atoms with Crippen molar-refractivity contribution in [3.63, 3.8) is 0 Å². The van der Waals surface area contributed by atoms with Crippen LogP contribution in [0, 0.1) is 10.1 Å². The molecule has 0 aliphatic carbocycles. The van der Waals surface area contributed by atoms with Gasteiger partial charge in [-0.15, -0.1) is 10.2 Å². The van der Waals surface area contributed by atoms with Crippen molar-refractivity contribution in [2.24, 2.45) is 7.05 Å². The van der Waals surface area contributed by atoms with Crippen LogP contribution in [0.15, 0.2) is 12.3 Å². The van der Waals surface area contributed by atoms with Crippen LogP contribution < -0.4 is 5.32 Å². The van der Waals surface area contributed by atoms with Crippen LogP contribution in [0.4, 0.5) is 5.69 Å². The van der Waals surface area contributed by atoms with Gasteiger partial charge in [-0.3, -0.25) is 14.9 Å². The van der Waals surface area contributed by atoms with E-state index in [1.165, 1.54) is 16.8 Å². The van der Waals surface area contributed by atoms with E-state index in [4.69, 9.17) is 0 Å². The summed E-state index contributed by atoms with van der Waals surface area (Å²) in [5.74, 6) is -0.120. The average molecular weight is 265 g/mol. The van der Waals surface area contributed by atoms with Crippen LogP contribution in [0.2, 0.25) is 0 Å². The van der Waals surface area contributed by atoms with Crippen LogP contribution in [0.5, 0.6) is 0 Å². The molecule has 0 aromatic carbocycles. The number of nitrogens with one attached hydrogen (secondary N) is 2. The van der Waals surface area contributed by atoms with Crippen LogP contribution in [0.3, 0.4) is 0 Å². The number of H-pyrrole nitrogens is 1. The van der Waals surface area contributed by atoms with Gasteiger partial charge in [0.05, 0.1) is 17.2 Å². The Morgan fingerprint density at radius 3 is 2.89 bits per heavy atom. The van der Waals surface area contributed by atoms with Gasteiger partial charge in [-0.05, 0) is 6.92 Å². The molecule has 1 atom stereocenters. The summed E-state index contributed by atoms with van der Waals surface area (Å²) in [4.78, 5) is 22.0. The second-order valence-electron chi connectivity index (χ2n) is 3.92. The normalized spacial score (nSPS) is 12.1. The topological polar surface area (TPSA) is 132 Å². The Bertz CT molecular complexity index is 603. The molecule has 2 heterocycles. The summed E-state index contributed by atoms with van der Waals surface area (Å²) in [7, 11) is 1.56. The smallest absolute Gasteiger partial charge is 0.287 e. The SMILES string of the molecule is CC(NC(=O)c1cc([N+](=O)[O-])cn1C)c1nn[nH]n1. The monoisotopic (exact) mass is 265 g/mol. The van der Waals surface area contributed by atoms with Crippen molar-refractivity contribution in [2.45, 2.75) is 13.0 Å². The van der Waals surface area contributed by atoms with Gasteiger partial charge in [0, 0.05) is 13.1 Å². The standard InChI is InChI=1S/C9H11N7O3/c1-5(8-11-13-14-12-8)10-9(17)7-3-6(16(18)19)4-15(7)2/h3-5H,1-2H3,(H,10,17)(H,11,12,13,14). The summed E-state index contributed by atoms with van der Waals surface area (Å²) in [5, 5.41) is 26.4. The van der Waals surface area contributed by atoms with Crippen LogP contribution in [0.25, 0.3) is 0 Å². The molecule has 1 unspecified atom stereocenters. The number of carbonyl (C=O) groups is 1. The second-order valence-corrected chi connectivity index (χ2v) is 3.92. The lowest BCUT2D eigenvalue weighted by atomic mass is 10.3. The minimum absolute atomic E-state index is 0.139. The van der Waals surface area contributed by atoms with Gasteiger partial charge in [-0.2, -0.15) is 5.21 Å². The van der Waals surface area contributed by atoms with Crippen molar-refractivity contribution in [3.05, 3.63) is 33.9 Å². The fourth-order valence-corrected chi connectivity index (χ4v) is 1.56. The van der Waals surface area contributed by atoms with E-state index in [-0.39, 0.29) is 11.4 Å². The molecule has 0 fully saturated rings. The summed E-state index contributed by atoms with van der Waals surface area (Å²) < 4.78 is 1.39. The quantitative estimate of drug-likeness (QED) is 0.587. The zero-order chi connectivity index (χ0) is 14.0. The lowest BCUT2D eigenvalue weighted by Gasteiger charge is -2.09. The maximum atomic E-state index is 12.0. The fourth-order valence-electron chi connectivity index (χ4n) is 1.56. The molecule has 2 aromatic rings. The molecular weight excluding hydrogens is 254 g/mol. The Kier molecular flexibility index (Phi) is 3.23. The third-order valence-corrected chi connectivity index (χ3v) is 2.53. The minimum Gasteiger partial charge on any atom is -0.341 e. The molecule has 0 spiro atoms. The van der Waals surface area contributed by atoms with Crippen molar-refractivity contribution in [1.82, 2.24) is 30.5 Å². The van der Waals surface area contributed by atoms with Gasteiger partial charge in [-0.1, -0.05) is 5.21 Å². The number of nitrogens with zero attached hydrogens (tertiary/aromatic N) is 5. The van der Waals surface area contributed by atoms with Crippen LogP contribution in [-0.2, 0) is 7.05 Å². The molecule has 2 aromatic heterocycles. The van der Waals surface area contributed by atoms with E-state index in [2.05, 4.69) is 25.9 Å². The van der Waals surface area contributed by atoms with E-state index in [1.54, 1.807) is 14.0 Å². The number of hydrogen-bond donors (Lipinski definition) is 2. The highest BCUT2D eigenvalue weighted by Gasteiger charge is 2.20. The summed E-state index contributed by atoms with van der Waals surface area (Å²) in [6, 6.07) is 0.748. The van der Waals surface area contributed by atoms with Crippen molar-refractivity contribution < 1.29 is 9.72 Å². The molecule has 0 aliphatic heterocycles. The molecule has 0 bridgehead atoms. The molecule has 0 aliphatic rings. The van der Waals surface area contributed by atoms with Gasteiger partial charge < -0.3 is 9.88 Å². The minimum atomic E-state index is -0.556. The molecule has 10 heteroatoms. The Morgan fingerprint density at radius 2 is 2.37 bits per heavy atom. The van der Waals surface area contributed by atoms with E-state index in [1.807, 2.05) is 0 Å². The molecule has 0 saturated heterocycles. The van der Waals surface area contributed by atoms with E-state index in [9.17, 15) is 14.9 Å². The second kappa shape index (κ2) is 4.84. The molecule has 0 saturated carbocycles. The molecule has 1 amide bonds. The van der Waals surface area contributed by atoms with Crippen molar-refractivity contribution in [3.8, 4) is 0 Å². The number of nitro groups is 1. The third-order valence-electron chi connectivity index (χ3n) is 2.53. The molecule has 19 heavy (non-hydrogen) atoms. The van der Waals surface area contributed by atoms with Crippen molar-refractivity contribution in [1.29, 1.82) is 0 Å². The Hall–Kier alpha value is -2.78. The van der Waals surface area contributed by atoms with Crippen molar-refractivity contribution >= 4 is 11.6 Å². The summed E-state index contributed by atoms with van der Waals surface area (Å²) in [5.41, 5.74) is 0.0434.